The molecule has 1 N–H and O–H groups in total. The number of nitrogens with one attached hydrogen (secondary N) is 1. The summed E-state index contributed by atoms with van der Waals surface area (Å²) in [5.74, 6) is 0.948. The summed E-state index contributed by atoms with van der Waals surface area (Å²) < 4.78 is 5.45. The first-order valence-corrected chi connectivity index (χ1v) is 6.99. The van der Waals surface area contributed by atoms with Crippen molar-refractivity contribution in [3.8, 4) is 0 Å². The van der Waals surface area contributed by atoms with Crippen LogP contribution in [0.4, 0.5) is 0 Å². The Hall–Kier alpha value is -0.0800. The second kappa shape index (κ2) is 5.05. The number of quaternary nitrogens is 1. The van der Waals surface area contributed by atoms with Crippen molar-refractivity contribution in [3.05, 3.63) is 0 Å². The molecule has 94 valence electrons. The summed E-state index contributed by atoms with van der Waals surface area (Å²) in [6, 6.07) is 0.933. The molecule has 2 nitrogen and oxygen atoms in total. The molecule has 1 saturated carbocycles. The molecule has 2 fully saturated rings. The van der Waals surface area contributed by atoms with Crippen LogP contribution in [0, 0.1) is 11.3 Å². The van der Waals surface area contributed by atoms with Crippen LogP contribution in [-0.2, 0) is 4.74 Å². The Kier molecular flexibility index (Phi) is 3.91. The van der Waals surface area contributed by atoms with E-state index in [9.17, 15) is 0 Å². The van der Waals surface area contributed by atoms with Crippen molar-refractivity contribution >= 4 is 0 Å². The van der Waals surface area contributed by atoms with E-state index in [0.29, 0.717) is 5.41 Å². The highest BCUT2D eigenvalue weighted by molar-refractivity contribution is 4.80. The summed E-state index contributed by atoms with van der Waals surface area (Å²) in [7, 11) is 0. The molecule has 1 aliphatic carbocycles. The number of hydrogen-bond donors (Lipinski definition) is 1. The van der Waals surface area contributed by atoms with E-state index < -0.39 is 0 Å². The lowest BCUT2D eigenvalue weighted by atomic mass is 9.71. The average molecular weight is 226 g/mol. The first-order valence-electron chi connectivity index (χ1n) is 6.99. The van der Waals surface area contributed by atoms with Gasteiger partial charge in [-0.15, -0.1) is 0 Å². The molecular formula is C14H28NO+. The molecule has 2 rings (SSSR count). The molecule has 0 spiro atoms. The smallest absolute Gasteiger partial charge is 0.101 e. The maximum atomic E-state index is 5.45. The van der Waals surface area contributed by atoms with Crippen LogP contribution in [0.25, 0.3) is 0 Å². The zero-order valence-electron chi connectivity index (χ0n) is 11.2. The van der Waals surface area contributed by atoms with Crippen LogP contribution >= 0.6 is 0 Å². The number of hydrogen-bond acceptors (Lipinski definition) is 1. The molecule has 0 aromatic heterocycles. The van der Waals surface area contributed by atoms with E-state index in [1.807, 2.05) is 4.90 Å². The van der Waals surface area contributed by atoms with Crippen LogP contribution in [0.2, 0.25) is 0 Å². The fraction of sp³-hybridized carbons (Fsp3) is 1.00. The third-order valence-corrected chi connectivity index (χ3v) is 4.66. The van der Waals surface area contributed by atoms with Crippen LogP contribution < -0.4 is 4.90 Å². The highest BCUT2D eigenvalue weighted by atomic mass is 16.5. The minimum atomic E-state index is 0.519. The van der Waals surface area contributed by atoms with Gasteiger partial charge in [-0.25, -0.2) is 0 Å². The number of rotatable bonds is 1. The largest absolute Gasteiger partial charge is 0.370 e. The standard InChI is InChI=1S/C14H27NO/c1-14(2,3)12-4-6-13(7-5-12)15-8-10-16-11-9-15/h12-13H,4-11H2,1-3H3/p+1. The summed E-state index contributed by atoms with van der Waals surface area (Å²) in [5.41, 5.74) is 0.519. The zero-order valence-corrected chi connectivity index (χ0v) is 11.2. The van der Waals surface area contributed by atoms with Crippen LogP contribution in [0.3, 0.4) is 0 Å². The van der Waals surface area contributed by atoms with Gasteiger partial charge in [-0.1, -0.05) is 20.8 Å². The summed E-state index contributed by atoms with van der Waals surface area (Å²) in [5, 5.41) is 0. The van der Waals surface area contributed by atoms with Crippen LogP contribution in [0.1, 0.15) is 46.5 Å². The lowest BCUT2D eigenvalue weighted by Crippen LogP contribution is -3.17. The summed E-state index contributed by atoms with van der Waals surface area (Å²) >= 11 is 0. The van der Waals surface area contributed by atoms with E-state index in [-0.39, 0.29) is 0 Å². The highest BCUT2D eigenvalue weighted by Crippen LogP contribution is 2.37. The van der Waals surface area contributed by atoms with E-state index in [2.05, 4.69) is 20.8 Å². The minimum absolute atomic E-state index is 0.519. The SMILES string of the molecule is CC(C)(C)C1CCC([NH+]2CCOCC2)CC1. The Morgan fingerprint density at radius 3 is 2.00 bits per heavy atom. The monoisotopic (exact) mass is 226 g/mol. The van der Waals surface area contributed by atoms with E-state index >= 15 is 0 Å². The molecule has 0 unspecified atom stereocenters. The second-order valence-electron chi connectivity index (χ2n) is 6.69. The van der Waals surface area contributed by atoms with Crippen molar-refractivity contribution in [2.24, 2.45) is 11.3 Å². The van der Waals surface area contributed by atoms with Gasteiger partial charge in [0, 0.05) is 0 Å². The lowest BCUT2D eigenvalue weighted by molar-refractivity contribution is -0.934. The fourth-order valence-electron chi connectivity index (χ4n) is 3.41. The highest BCUT2D eigenvalue weighted by Gasteiger charge is 2.34. The summed E-state index contributed by atoms with van der Waals surface area (Å²) in [6.45, 7) is 11.7. The Morgan fingerprint density at radius 2 is 1.50 bits per heavy atom. The van der Waals surface area contributed by atoms with Gasteiger partial charge in [0.15, 0.2) is 0 Å². The third kappa shape index (κ3) is 2.98. The zero-order chi connectivity index (χ0) is 11.6. The quantitative estimate of drug-likeness (QED) is 0.715. The van der Waals surface area contributed by atoms with Crippen molar-refractivity contribution in [2.75, 3.05) is 26.3 Å². The Balaban J connectivity index is 1.80. The average Bonchev–Trinajstić information content (AvgIpc) is 2.29. The van der Waals surface area contributed by atoms with Gasteiger partial charge in [0.2, 0.25) is 0 Å². The first kappa shape index (κ1) is 12.4. The van der Waals surface area contributed by atoms with Gasteiger partial charge in [-0.3, -0.25) is 0 Å². The third-order valence-electron chi connectivity index (χ3n) is 4.66. The maximum absolute atomic E-state index is 5.45. The van der Waals surface area contributed by atoms with E-state index in [4.69, 9.17) is 4.74 Å². The molecule has 0 atom stereocenters. The molecule has 2 heteroatoms. The predicted molar refractivity (Wildman–Crippen MR) is 66.7 cm³/mol. The van der Waals surface area contributed by atoms with E-state index in [1.54, 1.807) is 0 Å². The maximum Gasteiger partial charge on any atom is 0.101 e. The first-order chi connectivity index (χ1) is 7.57. The van der Waals surface area contributed by atoms with Gasteiger partial charge in [0.25, 0.3) is 0 Å². The van der Waals surface area contributed by atoms with Gasteiger partial charge >= 0.3 is 0 Å². The number of ether oxygens (including phenoxy) is 1. The normalized spacial score (nSPS) is 33.9. The van der Waals surface area contributed by atoms with Gasteiger partial charge in [-0.05, 0) is 37.0 Å². The van der Waals surface area contributed by atoms with Gasteiger partial charge in [-0.2, -0.15) is 0 Å². The molecule has 2 aliphatic rings. The van der Waals surface area contributed by atoms with Crippen molar-refractivity contribution < 1.29 is 9.64 Å². The van der Waals surface area contributed by atoms with E-state index in [0.717, 1.165) is 25.2 Å². The Bertz CT molecular complexity index is 207. The van der Waals surface area contributed by atoms with Crippen molar-refractivity contribution in [1.82, 2.24) is 0 Å². The Morgan fingerprint density at radius 1 is 0.938 bits per heavy atom. The second-order valence-corrected chi connectivity index (χ2v) is 6.69. The van der Waals surface area contributed by atoms with Crippen molar-refractivity contribution in [2.45, 2.75) is 52.5 Å². The van der Waals surface area contributed by atoms with Crippen LogP contribution in [0.5, 0.6) is 0 Å². The number of morpholine rings is 1. The van der Waals surface area contributed by atoms with Crippen LogP contribution in [0.15, 0.2) is 0 Å². The molecule has 0 aromatic rings. The van der Waals surface area contributed by atoms with Gasteiger partial charge < -0.3 is 9.64 Å². The molecule has 1 saturated heterocycles. The Labute approximate surface area is 100 Å². The van der Waals surface area contributed by atoms with Gasteiger partial charge in [0.1, 0.15) is 13.1 Å². The fourth-order valence-corrected chi connectivity index (χ4v) is 3.41. The molecule has 1 aliphatic heterocycles. The topological polar surface area (TPSA) is 13.7 Å². The van der Waals surface area contributed by atoms with Crippen LogP contribution in [-0.4, -0.2) is 32.3 Å². The summed E-state index contributed by atoms with van der Waals surface area (Å²) in [4.78, 5) is 1.82. The molecule has 0 bridgehead atoms. The van der Waals surface area contributed by atoms with Crippen molar-refractivity contribution in [1.29, 1.82) is 0 Å². The molecular weight excluding hydrogens is 198 g/mol. The lowest BCUT2D eigenvalue weighted by Gasteiger charge is -2.40. The van der Waals surface area contributed by atoms with Gasteiger partial charge in [0.05, 0.1) is 19.3 Å². The molecule has 1 heterocycles. The predicted octanol–water partition coefficient (Wildman–Crippen LogP) is 1.51. The molecule has 0 amide bonds. The summed E-state index contributed by atoms with van der Waals surface area (Å²) in [6.07, 6.45) is 5.77. The van der Waals surface area contributed by atoms with Crippen molar-refractivity contribution in [3.63, 3.8) is 0 Å². The molecule has 16 heavy (non-hydrogen) atoms. The van der Waals surface area contributed by atoms with E-state index in [1.165, 1.54) is 38.8 Å². The molecule has 0 radical (unpaired) electrons. The molecule has 0 aromatic carbocycles. The minimum Gasteiger partial charge on any atom is -0.370 e.